The first-order valence-corrected chi connectivity index (χ1v) is 13.4. The summed E-state index contributed by atoms with van der Waals surface area (Å²) in [5.74, 6) is -0.517. The van der Waals surface area contributed by atoms with Crippen LogP contribution in [0.4, 0.5) is 18.9 Å². The Morgan fingerprint density at radius 2 is 1.89 bits per heavy atom. The average Bonchev–Trinajstić information content (AvgIpc) is 3.26. The van der Waals surface area contributed by atoms with Crippen LogP contribution in [0.2, 0.25) is 0 Å². The molecule has 0 unspecified atom stereocenters. The number of halogens is 5. The van der Waals surface area contributed by atoms with Crippen LogP contribution in [0.3, 0.4) is 0 Å². The number of rotatable bonds is 7. The Hall–Kier alpha value is -2.59. The van der Waals surface area contributed by atoms with Gasteiger partial charge in [0.05, 0.1) is 17.0 Å². The first-order valence-electron chi connectivity index (χ1n) is 10.9. The standard InChI is InChI=1S/C25H21F3I2N6O/c1-36(2)5-3-4-22(37)35-17-7-14(6-16(9-17)25(26,27)28)15-8-18-19(12-32-24(18)31-11-15)20-10-21(23(29)30)34-13-33-20/h3-4,6-13,23H,5H2,1-2H3,(H,31,32)(H,35,37)/b4-3+. The fourth-order valence-electron chi connectivity index (χ4n) is 3.60. The van der Waals surface area contributed by atoms with Crippen molar-refractivity contribution < 1.29 is 18.0 Å². The Balaban J connectivity index is 1.75. The van der Waals surface area contributed by atoms with E-state index in [-0.39, 0.29) is 13.2 Å². The fourth-order valence-corrected chi connectivity index (χ4v) is 4.28. The normalized spacial score (nSPS) is 12.2. The number of nitrogens with zero attached hydrogens (tertiary/aromatic N) is 4. The second kappa shape index (κ2) is 11.4. The van der Waals surface area contributed by atoms with Crippen LogP contribution in [-0.2, 0) is 11.0 Å². The molecule has 0 spiro atoms. The lowest BCUT2D eigenvalue weighted by molar-refractivity contribution is -0.137. The van der Waals surface area contributed by atoms with Crippen LogP contribution in [0.5, 0.6) is 0 Å². The quantitative estimate of drug-likeness (QED) is 0.127. The van der Waals surface area contributed by atoms with Gasteiger partial charge in [0.25, 0.3) is 0 Å². The Morgan fingerprint density at radius 1 is 1.11 bits per heavy atom. The van der Waals surface area contributed by atoms with Gasteiger partial charge in [0.1, 0.15) is 13.9 Å². The van der Waals surface area contributed by atoms with E-state index in [1.807, 2.05) is 25.1 Å². The van der Waals surface area contributed by atoms with E-state index in [0.29, 0.717) is 28.8 Å². The van der Waals surface area contributed by atoms with Crippen molar-refractivity contribution in [3.8, 4) is 22.4 Å². The Bertz CT molecular complexity index is 1470. The van der Waals surface area contributed by atoms with Gasteiger partial charge in [-0.2, -0.15) is 13.2 Å². The molecule has 0 aliphatic carbocycles. The predicted octanol–water partition coefficient (Wildman–Crippen LogP) is 6.63. The van der Waals surface area contributed by atoms with Crippen molar-refractivity contribution >= 4 is 67.8 Å². The van der Waals surface area contributed by atoms with Crippen LogP contribution in [0.25, 0.3) is 33.4 Å². The molecule has 0 aliphatic heterocycles. The van der Waals surface area contributed by atoms with Crippen LogP contribution >= 0.6 is 45.2 Å². The molecule has 3 aromatic heterocycles. The van der Waals surface area contributed by atoms with E-state index in [4.69, 9.17) is 0 Å². The number of benzene rings is 1. The smallest absolute Gasteiger partial charge is 0.345 e. The summed E-state index contributed by atoms with van der Waals surface area (Å²) in [5, 5.41) is 3.24. The van der Waals surface area contributed by atoms with Crippen LogP contribution in [0.15, 0.2) is 61.2 Å². The molecular weight excluding hydrogens is 711 g/mol. The summed E-state index contributed by atoms with van der Waals surface area (Å²) in [7, 11) is 3.69. The Kier molecular flexibility index (Phi) is 8.48. The molecule has 0 aliphatic rings. The molecule has 4 aromatic rings. The van der Waals surface area contributed by atoms with Crippen molar-refractivity contribution in [2.24, 2.45) is 0 Å². The number of carbonyl (C=O) groups is 1. The molecule has 2 N–H and O–H groups in total. The lowest BCUT2D eigenvalue weighted by atomic mass is 10.0. The second-order valence-corrected chi connectivity index (χ2v) is 13.3. The molecule has 1 aromatic carbocycles. The SMILES string of the molecule is CN(C)C/C=C/C(=O)Nc1cc(-c2cnc3[nH]cc(-c4cc(C(I)I)ncn4)c3c2)cc(C(F)(F)F)c1. The molecule has 3 heterocycles. The number of H-pyrrole nitrogens is 1. The van der Waals surface area contributed by atoms with Crippen molar-refractivity contribution in [3.63, 3.8) is 0 Å². The van der Waals surface area contributed by atoms with Crippen molar-refractivity contribution in [1.82, 2.24) is 24.8 Å². The second-order valence-electron chi connectivity index (χ2n) is 8.40. The number of pyridine rings is 1. The number of alkyl halides is 5. The zero-order chi connectivity index (χ0) is 26.7. The monoisotopic (exact) mass is 732 g/mol. The topological polar surface area (TPSA) is 86.8 Å². The highest BCUT2D eigenvalue weighted by molar-refractivity contribution is 14.2. The third kappa shape index (κ3) is 6.84. The van der Waals surface area contributed by atoms with E-state index in [1.165, 1.54) is 24.7 Å². The van der Waals surface area contributed by atoms with Crippen LogP contribution < -0.4 is 5.32 Å². The zero-order valence-electron chi connectivity index (χ0n) is 19.6. The molecule has 0 atom stereocenters. The number of aromatic amines is 1. The molecule has 0 saturated carbocycles. The van der Waals surface area contributed by atoms with Crippen LogP contribution in [-0.4, -0.2) is 51.4 Å². The van der Waals surface area contributed by atoms with Crippen molar-refractivity contribution in [2.45, 2.75) is 8.11 Å². The molecule has 12 heteroatoms. The number of hydrogen-bond acceptors (Lipinski definition) is 5. The average molecular weight is 732 g/mol. The summed E-state index contributed by atoms with van der Waals surface area (Å²) in [4.78, 5) is 30.3. The molecule has 4 rings (SSSR count). The van der Waals surface area contributed by atoms with Gasteiger partial charge in [-0.15, -0.1) is 0 Å². The van der Waals surface area contributed by atoms with E-state index in [9.17, 15) is 18.0 Å². The summed E-state index contributed by atoms with van der Waals surface area (Å²) in [6.07, 6.45) is 3.08. The maximum absolute atomic E-state index is 13.7. The Morgan fingerprint density at radius 3 is 2.59 bits per heavy atom. The van der Waals surface area contributed by atoms with Gasteiger partial charge >= 0.3 is 6.18 Å². The van der Waals surface area contributed by atoms with Gasteiger partial charge < -0.3 is 15.2 Å². The first-order chi connectivity index (χ1) is 17.5. The Labute approximate surface area is 238 Å². The third-order valence-corrected chi connectivity index (χ3v) is 6.60. The number of carbonyl (C=O) groups excluding carboxylic acids is 1. The van der Waals surface area contributed by atoms with Crippen LogP contribution in [0.1, 0.15) is 13.2 Å². The fraction of sp³-hybridized carbons (Fsp3) is 0.200. The lowest BCUT2D eigenvalue weighted by Gasteiger charge is -2.13. The molecule has 192 valence electrons. The number of likely N-dealkylation sites (N-methyl/N-ethyl adjacent to an activating group) is 1. The predicted molar refractivity (Wildman–Crippen MR) is 155 cm³/mol. The molecular formula is C25H21F3I2N6O. The number of anilines is 1. The van der Waals surface area contributed by atoms with E-state index in [2.05, 4.69) is 70.4 Å². The van der Waals surface area contributed by atoms with Gasteiger partial charge in [-0.3, -0.25) is 4.79 Å². The minimum Gasteiger partial charge on any atom is -0.345 e. The van der Waals surface area contributed by atoms with Crippen molar-refractivity contribution in [3.05, 3.63) is 72.5 Å². The van der Waals surface area contributed by atoms with Crippen molar-refractivity contribution in [2.75, 3.05) is 26.0 Å². The first kappa shape index (κ1) is 27.4. The maximum Gasteiger partial charge on any atom is 0.416 e. The molecule has 0 saturated heterocycles. The number of aromatic nitrogens is 4. The van der Waals surface area contributed by atoms with Crippen LogP contribution in [0, 0.1) is 0 Å². The molecule has 37 heavy (non-hydrogen) atoms. The summed E-state index contributed by atoms with van der Waals surface area (Å²) >= 11 is 4.51. The summed E-state index contributed by atoms with van der Waals surface area (Å²) < 4.78 is 41.3. The highest BCUT2D eigenvalue weighted by Gasteiger charge is 2.31. The van der Waals surface area contributed by atoms with Gasteiger partial charge in [0.2, 0.25) is 5.91 Å². The molecule has 0 fully saturated rings. The van der Waals surface area contributed by atoms with E-state index in [1.54, 1.807) is 18.3 Å². The number of amides is 1. The van der Waals surface area contributed by atoms with Gasteiger partial charge in [0.15, 0.2) is 0 Å². The van der Waals surface area contributed by atoms with Gasteiger partial charge in [-0.05, 0) is 50.0 Å². The molecule has 1 amide bonds. The van der Waals surface area contributed by atoms with E-state index >= 15 is 0 Å². The zero-order valence-corrected chi connectivity index (χ0v) is 24.0. The molecule has 0 bridgehead atoms. The highest BCUT2D eigenvalue weighted by Crippen LogP contribution is 2.37. The number of fused-ring (bicyclic) bond motifs is 1. The molecule has 0 radical (unpaired) electrons. The maximum atomic E-state index is 13.7. The lowest BCUT2D eigenvalue weighted by Crippen LogP contribution is -2.13. The van der Waals surface area contributed by atoms with Gasteiger partial charge in [0, 0.05) is 47.2 Å². The van der Waals surface area contributed by atoms with Crippen molar-refractivity contribution in [1.29, 1.82) is 0 Å². The summed E-state index contributed by atoms with van der Waals surface area (Å²) in [5.41, 5.74) is 2.76. The summed E-state index contributed by atoms with van der Waals surface area (Å²) in [6, 6.07) is 7.11. The third-order valence-electron chi connectivity index (χ3n) is 5.32. The number of hydrogen-bond donors (Lipinski definition) is 2. The number of nitrogens with one attached hydrogen (secondary N) is 2. The van der Waals surface area contributed by atoms with E-state index in [0.717, 1.165) is 23.4 Å². The minimum absolute atomic E-state index is 0.0364. The van der Waals surface area contributed by atoms with Gasteiger partial charge in [-0.1, -0.05) is 51.3 Å². The summed E-state index contributed by atoms with van der Waals surface area (Å²) in [6.45, 7) is 0.524. The van der Waals surface area contributed by atoms with Gasteiger partial charge in [-0.25, -0.2) is 15.0 Å². The molecule has 7 nitrogen and oxygen atoms in total. The highest BCUT2D eigenvalue weighted by atomic mass is 127. The minimum atomic E-state index is -4.60. The largest absolute Gasteiger partial charge is 0.416 e. The van der Waals surface area contributed by atoms with E-state index < -0.39 is 17.6 Å².